The van der Waals surface area contributed by atoms with Crippen LogP contribution in [0.15, 0.2) is 24.3 Å². The van der Waals surface area contributed by atoms with Gasteiger partial charge in [0, 0.05) is 17.3 Å². The summed E-state index contributed by atoms with van der Waals surface area (Å²) < 4.78 is 29.0. The Balaban J connectivity index is 1.90. The summed E-state index contributed by atoms with van der Waals surface area (Å²) in [6.07, 6.45) is 3.64. The van der Waals surface area contributed by atoms with Gasteiger partial charge in [-0.2, -0.15) is 20.5 Å². The van der Waals surface area contributed by atoms with Crippen molar-refractivity contribution in [1.82, 2.24) is 5.32 Å². The van der Waals surface area contributed by atoms with Gasteiger partial charge in [-0.15, -0.1) is 0 Å². The summed E-state index contributed by atoms with van der Waals surface area (Å²) >= 11 is 2.03. The minimum Gasteiger partial charge on any atom is -0.435 e. The molecule has 0 aromatic heterocycles. The van der Waals surface area contributed by atoms with E-state index in [4.69, 9.17) is 0 Å². The standard InChI is InChI=1S/C16H23F2NOS/c1-3-21-15-8-7-13(10-15)19-11(2)12-5-4-6-14(9-12)20-16(17)18/h4-6,9,11,13,15-16,19H,3,7-8,10H2,1-2H3. The first-order valence-electron chi connectivity index (χ1n) is 7.51. The van der Waals surface area contributed by atoms with E-state index in [1.165, 1.54) is 25.0 Å². The van der Waals surface area contributed by atoms with Crippen LogP contribution in [0.5, 0.6) is 5.75 Å². The predicted molar refractivity (Wildman–Crippen MR) is 84.2 cm³/mol. The van der Waals surface area contributed by atoms with E-state index in [-0.39, 0.29) is 11.8 Å². The van der Waals surface area contributed by atoms with Crippen LogP contribution in [-0.2, 0) is 0 Å². The number of thioether (sulfide) groups is 1. The van der Waals surface area contributed by atoms with Crippen LogP contribution >= 0.6 is 11.8 Å². The first kappa shape index (κ1) is 16.6. The molecule has 3 atom stereocenters. The zero-order chi connectivity index (χ0) is 15.2. The van der Waals surface area contributed by atoms with E-state index in [9.17, 15) is 8.78 Å². The number of benzene rings is 1. The van der Waals surface area contributed by atoms with Gasteiger partial charge < -0.3 is 10.1 Å². The third-order valence-corrected chi connectivity index (χ3v) is 5.09. The van der Waals surface area contributed by atoms with Gasteiger partial charge in [0.25, 0.3) is 0 Å². The molecule has 3 unspecified atom stereocenters. The van der Waals surface area contributed by atoms with Crippen molar-refractivity contribution in [1.29, 1.82) is 0 Å². The van der Waals surface area contributed by atoms with Crippen LogP contribution < -0.4 is 10.1 Å². The molecule has 0 saturated heterocycles. The molecular formula is C16H23F2NOS. The van der Waals surface area contributed by atoms with E-state index in [0.717, 1.165) is 10.8 Å². The highest BCUT2D eigenvalue weighted by atomic mass is 32.2. The maximum Gasteiger partial charge on any atom is 0.387 e. The number of nitrogens with one attached hydrogen (secondary N) is 1. The molecule has 21 heavy (non-hydrogen) atoms. The molecule has 0 radical (unpaired) electrons. The van der Waals surface area contributed by atoms with Crippen molar-refractivity contribution < 1.29 is 13.5 Å². The van der Waals surface area contributed by atoms with Crippen molar-refractivity contribution in [3.8, 4) is 5.75 Å². The third-order valence-electron chi connectivity index (χ3n) is 3.86. The van der Waals surface area contributed by atoms with Crippen LogP contribution in [0.25, 0.3) is 0 Å². The van der Waals surface area contributed by atoms with Gasteiger partial charge in [-0.3, -0.25) is 0 Å². The molecule has 0 heterocycles. The highest BCUT2D eigenvalue weighted by Gasteiger charge is 2.25. The zero-order valence-corrected chi connectivity index (χ0v) is 13.3. The van der Waals surface area contributed by atoms with Gasteiger partial charge in [-0.25, -0.2) is 0 Å². The van der Waals surface area contributed by atoms with Crippen molar-refractivity contribution in [3.05, 3.63) is 29.8 Å². The number of hydrogen-bond acceptors (Lipinski definition) is 3. The lowest BCUT2D eigenvalue weighted by atomic mass is 10.1. The summed E-state index contributed by atoms with van der Waals surface area (Å²) in [6.45, 7) is 1.50. The monoisotopic (exact) mass is 315 g/mol. The molecule has 1 saturated carbocycles. The maximum atomic E-state index is 12.3. The normalized spacial score (nSPS) is 23.5. The summed E-state index contributed by atoms with van der Waals surface area (Å²) in [5, 5.41) is 4.37. The van der Waals surface area contributed by atoms with Crippen LogP contribution in [0.2, 0.25) is 0 Å². The van der Waals surface area contributed by atoms with Crippen LogP contribution in [0.1, 0.15) is 44.7 Å². The van der Waals surface area contributed by atoms with E-state index in [1.807, 2.05) is 17.8 Å². The van der Waals surface area contributed by atoms with Gasteiger partial charge in [0.1, 0.15) is 5.75 Å². The Morgan fingerprint density at radius 2 is 2.19 bits per heavy atom. The highest BCUT2D eigenvalue weighted by molar-refractivity contribution is 7.99. The average molecular weight is 315 g/mol. The summed E-state index contributed by atoms with van der Waals surface area (Å²) in [6, 6.07) is 7.62. The molecule has 0 aliphatic heterocycles. The molecule has 1 aromatic carbocycles. The van der Waals surface area contributed by atoms with Crippen LogP contribution in [-0.4, -0.2) is 23.7 Å². The van der Waals surface area contributed by atoms with Gasteiger partial charge in [0.15, 0.2) is 0 Å². The Kier molecular flexibility index (Phi) is 6.30. The molecule has 0 spiro atoms. The maximum absolute atomic E-state index is 12.3. The van der Waals surface area contributed by atoms with Crippen molar-refractivity contribution in [3.63, 3.8) is 0 Å². The van der Waals surface area contributed by atoms with Crippen molar-refractivity contribution in [2.45, 2.75) is 57.1 Å². The summed E-state index contributed by atoms with van der Waals surface area (Å²) in [5.41, 5.74) is 0.986. The van der Waals surface area contributed by atoms with E-state index in [2.05, 4.69) is 23.9 Å². The number of hydrogen-bond donors (Lipinski definition) is 1. The van der Waals surface area contributed by atoms with Crippen molar-refractivity contribution >= 4 is 11.8 Å². The molecule has 1 aliphatic rings. The lowest BCUT2D eigenvalue weighted by molar-refractivity contribution is -0.0499. The molecule has 2 rings (SSSR count). The minimum absolute atomic E-state index is 0.140. The fourth-order valence-electron chi connectivity index (χ4n) is 2.89. The van der Waals surface area contributed by atoms with Crippen molar-refractivity contribution in [2.75, 3.05) is 5.75 Å². The van der Waals surface area contributed by atoms with Crippen LogP contribution in [0, 0.1) is 0 Å². The second-order valence-electron chi connectivity index (χ2n) is 5.43. The highest BCUT2D eigenvalue weighted by Crippen LogP contribution is 2.31. The summed E-state index contributed by atoms with van der Waals surface area (Å²) in [7, 11) is 0. The van der Waals surface area contributed by atoms with E-state index < -0.39 is 6.61 Å². The van der Waals surface area contributed by atoms with Gasteiger partial charge in [0.2, 0.25) is 0 Å². The number of alkyl halides is 2. The Labute approximate surface area is 129 Å². The molecule has 1 fully saturated rings. The smallest absolute Gasteiger partial charge is 0.387 e. The van der Waals surface area contributed by atoms with Crippen LogP contribution in [0.4, 0.5) is 8.78 Å². The molecular weight excluding hydrogens is 292 g/mol. The Bertz CT molecular complexity index is 444. The van der Waals surface area contributed by atoms with Gasteiger partial charge >= 0.3 is 6.61 Å². The number of halogens is 2. The Morgan fingerprint density at radius 1 is 1.38 bits per heavy atom. The lowest BCUT2D eigenvalue weighted by Gasteiger charge is -2.20. The summed E-state index contributed by atoms with van der Waals surface area (Å²) in [5.74, 6) is 1.39. The van der Waals surface area contributed by atoms with Gasteiger partial charge in [-0.1, -0.05) is 19.1 Å². The first-order chi connectivity index (χ1) is 10.1. The molecule has 1 aliphatic carbocycles. The Hall–Kier alpha value is -0.810. The Morgan fingerprint density at radius 3 is 2.90 bits per heavy atom. The van der Waals surface area contributed by atoms with E-state index in [1.54, 1.807) is 18.2 Å². The largest absolute Gasteiger partial charge is 0.435 e. The van der Waals surface area contributed by atoms with E-state index in [0.29, 0.717) is 6.04 Å². The molecule has 2 nitrogen and oxygen atoms in total. The SMILES string of the molecule is CCSC1CCC(NC(C)c2cccc(OC(F)F)c2)C1. The lowest BCUT2D eigenvalue weighted by Crippen LogP contribution is -2.29. The second-order valence-corrected chi connectivity index (χ2v) is 7.00. The van der Waals surface area contributed by atoms with Crippen molar-refractivity contribution in [2.24, 2.45) is 0 Å². The molecule has 1 aromatic rings. The molecule has 118 valence electrons. The fourth-order valence-corrected chi connectivity index (χ4v) is 4.03. The van der Waals surface area contributed by atoms with Gasteiger partial charge in [0.05, 0.1) is 0 Å². The quantitative estimate of drug-likeness (QED) is 0.794. The molecule has 0 bridgehead atoms. The minimum atomic E-state index is -2.77. The van der Waals surface area contributed by atoms with Crippen LogP contribution in [0.3, 0.4) is 0 Å². The summed E-state index contributed by atoms with van der Waals surface area (Å²) in [4.78, 5) is 0. The second kappa shape index (κ2) is 7.99. The molecule has 1 N–H and O–H groups in total. The topological polar surface area (TPSA) is 21.3 Å². The third kappa shape index (κ3) is 5.15. The molecule has 0 amide bonds. The fraction of sp³-hybridized carbons (Fsp3) is 0.625. The first-order valence-corrected chi connectivity index (χ1v) is 8.55. The van der Waals surface area contributed by atoms with Gasteiger partial charge in [-0.05, 0) is 49.6 Å². The predicted octanol–water partition coefficient (Wildman–Crippen LogP) is 4.61. The zero-order valence-electron chi connectivity index (χ0n) is 12.5. The average Bonchev–Trinajstić information content (AvgIpc) is 2.86. The number of ether oxygens (including phenoxy) is 1. The molecule has 5 heteroatoms. The van der Waals surface area contributed by atoms with E-state index >= 15 is 0 Å². The number of rotatable bonds is 7.